The van der Waals surface area contributed by atoms with Crippen LogP contribution >= 0.6 is 0 Å². The van der Waals surface area contributed by atoms with Gasteiger partial charge in [0.05, 0.1) is 12.5 Å². The first kappa shape index (κ1) is 27.9. The fraction of sp³-hybridized carbons (Fsp3) is 0.552. The summed E-state index contributed by atoms with van der Waals surface area (Å²) in [6.07, 6.45) is 10.4. The van der Waals surface area contributed by atoms with Crippen molar-refractivity contribution >= 4 is 23.8 Å². The lowest BCUT2D eigenvalue weighted by Crippen LogP contribution is -2.48. The number of carbonyl (C=O) groups excluding carboxylic acids is 2. The Bertz CT molecular complexity index is 1170. The molecule has 0 bridgehead atoms. The van der Waals surface area contributed by atoms with Crippen LogP contribution in [0.1, 0.15) is 45.6 Å². The highest BCUT2D eigenvalue weighted by Gasteiger charge is 2.29. The van der Waals surface area contributed by atoms with Crippen LogP contribution in [0.2, 0.25) is 0 Å². The van der Waals surface area contributed by atoms with Gasteiger partial charge in [0.15, 0.2) is 0 Å². The number of aliphatic hydroxyl groups excluding tert-OH is 1. The number of likely N-dealkylation sites (N-methyl/N-ethyl adjacent to an activating group) is 1. The molecule has 1 amide bonds. The molecule has 2 aromatic rings. The molecule has 0 radical (unpaired) electrons. The molecule has 1 saturated heterocycles. The zero-order valence-corrected chi connectivity index (χ0v) is 22.8. The fourth-order valence-electron chi connectivity index (χ4n) is 5.00. The van der Waals surface area contributed by atoms with E-state index in [0.29, 0.717) is 25.9 Å². The standard InChI is InChI=1S/C29H40N4O5/c1-20-5-8-24(34)18-27(35)38-28(22(3)17-23-7-10-26-30-11-12-33(26)19-23)21(2)6-9-25(20)37-29(36)32-15-13-31(4)14-16-32/h6-7,9-12,17,19-21,24-25,28,34H,5,8,13-16,18H2,1-4H3/b9-6+,22-17+/t20-,21-,24+,25-,28-/m0/s1. The number of imidazole rings is 1. The lowest BCUT2D eigenvalue weighted by molar-refractivity contribution is -0.151. The van der Waals surface area contributed by atoms with Crippen molar-refractivity contribution in [3.63, 3.8) is 0 Å². The number of rotatable bonds is 3. The molecule has 38 heavy (non-hydrogen) atoms. The zero-order chi connectivity index (χ0) is 27.2. The minimum atomic E-state index is -0.814. The highest BCUT2D eigenvalue weighted by atomic mass is 16.6. The molecule has 2 aromatic heterocycles. The Morgan fingerprint density at radius 3 is 2.68 bits per heavy atom. The molecule has 5 atom stereocenters. The van der Waals surface area contributed by atoms with Gasteiger partial charge in [-0.15, -0.1) is 0 Å². The molecule has 0 spiro atoms. The van der Waals surface area contributed by atoms with Crippen LogP contribution in [0.4, 0.5) is 4.79 Å². The first-order valence-electron chi connectivity index (χ1n) is 13.5. The van der Waals surface area contributed by atoms with Crippen molar-refractivity contribution in [2.75, 3.05) is 33.2 Å². The van der Waals surface area contributed by atoms with E-state index in [2.05, 4.69) is 9.88 Å². The van der Waals surface area contributed by atoms with Gasteiger partial charge in [-0.05, 0) is 62.1 Å². The maximum absolute atomic E-state index is 12.9. The summed E-state index contributed by atoms with van der Waals surface area (Å²) in [5.74, 6) is -0.621. The highest BCUT2D eigenvalue weighted by molar-refractivity contribution is 5.71. The molecule has 4 heterocycles. The van der Waals surface area contributed by atoms with Crippen molar-refractivity contribution in [2.45, 2.75) is 58.3 Å². The number of hydrogen-bond acceptors (Lipinski definition) is 7. The monoisotopic (exact) mass is 524 g/mol. The Balaban J connectivity index is 1.55. The first-order valence-corrected chi connectivity index (χ1v) is 13.5. The number of cyclic esters (lactones) is 1. The Morgan fingerprint density at radius 2 is 1.92 bits per heavy atom. The second-order valence-electron chi connectivity index (χ2n) is 10.7. The fourth-order valence-corrected chi connectivity index (χ4v) is 5.00. The van der Waals surface area contributed by atoms with E-state index in [1.165, 1.54) is 0 Å². The molecule has 1 N–H and O–H groups in total. The number of aromatic nitrogens is 2. The maximum atomic E-state index is 12.9. The summed E-state index contributed by atoms with van der Waals surface area (Å²) in [5, 5.41) is 10.5. The lowest BCUT2D eigenvalue weighted by atomic mass is 9.91. The molecule has 0 saturated carbocycles. The molecule has 2 aliphatic heterocycles. The Morgan fingerprint density at radius 1 is 1.16 bits per heavy atom. The predicted molar refractivity (Wildman–Crippen MR) is 145 cm³/mol. The third kappa shape index (κ3) is 7.23. The van der Waals surface area contributed by atoms with Crippen LogP contribution in [-0.4, -0.2) is 87.9 Å². The molecule has 1 fully saturated rings. The Kier molecular flexibility index (Phi) is 9.22. The van der Waals surface area contributed by atoms with Crippen LogP contribution in [0.15, 0.2) is 48.4 Å². The van der Waals surface area contributed by atoms with Crippen molar-refractivity contribution in [3.8, 4) is 0 Å². The number of pyridine rings is 1. The van der Waals surface area contributed by atoms with Gasteiger partial charge in [0.1, 0.15) is 17.9 Å². The average molecular weight is 525 g/mol. The Hall–Kier alpha value is -3.17. The lowest BCUT2D eigenvalue weighted by Gasteiger charge is -2.33. The van der Waals surface area contributed by atoms with Gasteiger partial charge in [0, 0.05) is 50.7 Å². The van der Waals surface area contributed by atoms with Crippen LogP contribution in [0.25, 0.3) is 11.7 Å². The minimum absolute atomic E-state index is 0.0167. The number of amides is 1. The van der Waals surface area contributed by atoms with Crippen LogP contribution in [0.3, 0.4) is 0 Å². The van der Waals surface area contributed by atoms with Crippen molar-refractivity contribution < 1.29 is 24.2 Å². The minimum Gasteiger partial charge on any atom is -0.457 e. The van der Waals surface area contributed by atoms with Gasteiger partial charge in [-0.1, -0.05) is 26.0 Å². The molecule has 0 unspecified atom stereocenters. The first-order chi connectivity index (χ1) is 18.2. The number of hydrogen-bond donors (Lipinski definition) is 1. The quantitative estimate of drug-likeness (QED) is 0.482. The van der Waals surface area contributed by atoms with E-state index in [0.717, 1.165) is 29.9 Å². The van der Waals surface area contributed by atoms with E-state index in [9.17, 15) is 14.7 Å². The Labute approximate surface area is 224 Å². The van der Waals surface area contributed by atoms with Crippen molar-refractivity contribution in [1.82, 2.24) is 19.2 Å². The molecule has 2 aliphatic rings. The van der Waals surface area contributed by atoms with Gasteiger partial charge in [-0.3, -0.25) is 4.79 Å². The topological polar surface area (TPSA) is 96.6 Å². The normalized spacial score (nSPS) is 29.3. The molecular formula is C29H40N4O5. The van der Waals surface area contributed by atoms with Crippen molar-refractivity contribution in [2.24, 2.45) is 11.8 Å². The number of nitrogens with zero attached hydrogens (tertiary/aromatic N) is 4. The van der Waals surface area contributed by atoms with Crippen LogP contribution < -0.4 is 0 Å². The number of esters is 1. The summed E-state index contributed by atoms with van der Waals surface area (Å²) >= 11 is 0. The summed E-state index contributed by atoms with van der Waals surface area (Å²) in [6, 6.07) is 3.91. The van der Waals surface area contributed by atoms with E-state index in [-0.39, 0.29) is 24.3 Å². The summed E-state index contributed by atoms with van der Waals surface area (Å²) in [4.78, 5) is 33.9. The van der Waals surface area contributed by atoms with Gasteiger partial charge in [-0.2, -0.15) is 0 Å². The third-order valence-electron chi connectivity index (χ3n) is 7.51. The van der Waals surface area contributed by atoms with Gasteiger partial charge >= 0.3 is 12.1 Å². The van der Waals surface area contributed by atoms with Crippen LogP contribution in [0.5, 0.6) is 0 Å². The van der Waals surface area contributed by atoms with E-state index >= 15 is 0 Å². The van der Waals surface area contributed by atoms with Gasteiger partial charge in [-0.25, -0.2) is 9.78 Å². The second-order valence-corrected chi connectivity index (χ2v) is 10.7. The van der Waals surface area contributed by atoms with E-state index in [1.54, 1.807) is 11.1 Å². The summed E-state index contributed by atoms with van der Waals surface area (Å²) in [5.41, 5.74) is 2.69. The summed E-state index contributed by atoms with van der Waals surface area (Å²) in [6.45, 7) is 8.86. The summed E-state index contributed by atoms with van der Waals surface area (Å²) in [7, 11) is 2.04. The smallest absolute Gasteiger partial charge is 0.410 e. The molecule has 0 aliphatic carbocycles. The SMILES string of the molecule is C/C(=C\c1ccc2nccn2c1)[C@H]1OC(=O)C[C@H](O)CC[C@H](C)[C@@H](OC(=O)N2CCN(C)CC2)/C=C/[C@@H]1C. The zero-order valence-electron chi connectivity index (χ0n) is 22.8. The number of fused-ring (bicyclic) bond motifs is 1. The molecule has 9 heteroatoms. The van der Waals surface area contributed by atoms with E-state index < -0.39 is 24.3 Å². The predicted octanol–water partition coefficient (Wildman–Crippen LogP) is 3.78. The van der Waals surface area contributed by atoms with E-state index in [1.807, 2.05) is 75.0 Å². The highest BCUT2D eigenvalue weighted by Crippen LogP contribution is 2.26. The average Bonchev–Trinajstić information content (AvgIpc) is 3.35. The van der Waals surface area contributed by atoms with Gasteiger partial charge in [0.25, 0.3) is 0 Å². The van der Waals surface area contributed by atoms with Crippen LogP contribution in [-0.2, 0) is 14.3 Å². The third-order valence-corrected chi connectivity index (χ3v) is 7.51. The van der Waals surface area contributed by atoms with Crippen molar-refractivity contribution in [1.29, 1.82) is 0 Å². The number of aliphatic hydroxyl groups is 1. The maximum Gasteiger partial charge on any atom is 0.410 e. The molecular weight excluding hydrogens is 484 g/mol. The number of ether oxygens (including phenoxy) is 2. The van der Waals surface area contributed by atoms with E-state index in [4.69, 9.17) is 9.47 Å². The van der Waals surface area contributed by atoms with Gasteiger partial charge in [0.2, 0.25) is 0 Å². The van der Waals surface area contributed by atoms with Gasteiger partial charge < -0.3 is 28.8 Å². The molecule has 0 aromatic carbocycles. The second kappa shape index (κ2) is 12.6. The number of piperazine rings is 1. The molecule has 4 rings (SSSR count). The molecule has 206 valence electrons. The van der Waals surface area contributed by atoms with Crippen LogP contribution in [0, 0.1) is 11.8 Å². The van der Waals surface area contributed by atoms with Crippen molar-refractivity contribution in [3.05, 3.63) is 54.0 Å². The largest absolute Gasteiger partial charge is 0.457 e. The number of carbonyl (C=O) groups is 2. The summed E-state index contributed by atoms with van der Waals surface area (Å²) < 4.78 is 13.8. The molecule has 9 nitrogen and oxygen atoms in total.